The Bertz CT molecular complexity index is 253. The van der Waals surface area contributed by atoms with Gasteiger partial charge >= 0.3 is 0 Å². The molecule has 3 nitrogen and oxygen atoms in total. The third-order valence-corrected chi connectivity index (χ3v) is 1.44. The number of nitrogens with zero attached hydrogens (tertiary/aromatic N) is 1. The highest BCUT2D eigenvalue weighted by molar-refractivity contribution is 5.98. The highest BCUT2D eigenvalue weighted by Crippen LogP contribution is 1.98. The number of quaternary nitrogens is 1. The third-order valence-electron chi connectivity index (χ3n) is 1.44. The van der Waals surface area contributed by atoms with Crippen molar-refractivity contribution in [3.05, 3.63) is 35.9 Å². The van der Waals surface area contributed by atoms with Gasteiger partial charge in [0.15, 0.2) is 0 Å². The Balaban J connectivity index is 2.34. The van der Waals surface area contributed by atoms with E-state index in [9.17, 15) is 0 Å². The lowest BCUT2D eigenvalue weighted by Crippen LogP contribution is -2.97. The molecule has 0 aliphatic carbocycles. The minimum atomic E-state index is 0.959. The Morgan fingerprint density at radius 2 is 1.90 bits per heavy atom. The molecule has 1 aromatic rings. The minimum Gasteiger partial charge on any atom is -0.189 e. The summed E-state index contributed by atoms with van der Waals surface area (Å²) in [6, 6.07) is 10.0. The van der Waals surface area contributed by atoms with Crippen molar-refractivity contribution in [2.24, 2.45) is 5.10 Å². The van der Waals surface area contributed by atoms with Crippen molar-refractivity contribution in [2.45, 2.75) is 0 Å². The number of nitrogens with two attached hydrogens (primary N) is 1. The van der Waals surface area contributed by atoms with E-state index in [1.54, 1.807) is 5.53 Å². The van der Waals surface area contributed by atoms with Crippen LogP contribution in [0.25, 0.3) is 0 Å². The van der Waals surface area contributed by atoms with Crippen molar-refractivity contribution in [3.63, 3.8) is 0 Å². The van der Waals surface area contributed by atoms with E-state index in [2.05, 4.69) is 10.5 Å². The summed E-state index contributed by atoms with van der Waals surface area (Å²) in [5.74, 6) is 0.959. The standard InChI is InChI=1S/C7H7N3/c1-2-4-6(5-3-1)7-8-10-9-7/h1-5,10H,(H,8,9)/p+1. The summed E-state index contributed by atoms with van der Waals surface area (Å²) in [6.45, 7) is 0. The fourth-order valence-electron chi connectivity index (χ4n) is 0.883. The first-order valence-electron chi connectivity index (χ1n) is 3.18. The second-order valence-electron chi connectivity index (χ2n) is 2.12. The van der Waals surface area contributed by atoms with Crippen LogP contribution in [0.1, 0.15) is 5.56 Å². The Labute approximate surface area is 58.7 Å². The van der Waals surface area contributed by atoms with E-state index in [0.717, 1.165) is 11.4 Å². The lowest BCUT2D eigenvalue weighted by Gasteiger charge is -2.09. The smallest absolute Gasteiger partial charge is 0.189 e. The number of rotatable bonds is 1. The fraction of sp³-hybridized carbons (Fsp3) is 0. The monoisotopic (exact) mass is 134 g/mol. The lowest BCUT2D eigenvalue weighted by atomic mass is 10.2. The molecule has 3 heteroatoms. The molecular weight excluding hydrogens is 126 g/mol. The minimum absolute atomic E-state index is 0.959. The van der Waals surface area contributed by atoms with Crippen molar-refractivity contribution >= 4 is 5.84 Å². The molecule has 10 heavy (non-hydrogen) atoms. The Morgan fingerprint density at radius 1 is 1.20 bits per heavy atom. The van der Waals surface area contributed by atoms with E-state index in [1.165, 1.54) is 0 Å². The van der Waals surface area contributed by atoms with Gasteiger partial charge in [-0.15, -0.1) is 5.53 Å². The van der Waals surface area contributed by atoms with Crippen LogP contribution in [0.15, 0.2) is 35.4 Å². The number of hydrogen-bond acceptors (Lipinski definition) is 2. The van der Waals surface area contributed by atoms with E-state index < -0.39 is 0 Å². The van der Waals surface area contributed by atoms with Crippen LogP contribution in [0.2, 0.25) is 0 Å². The number of amidine groups is 1. The van der Waals surface area contributed by atoms with Crippen LogP contribution in [0.4, 0.5) is 0 Å². The zero-order valence-electron chi connectivity index (χ0n) is 5.41. The van der Waals surface area contributed by atoms with Crippen LogP contribution >= 0.6 is 0 Å². The molecule has 1 aliphatic heterocycles. The zero-order valence-corrected chi connectivity index (χ0v) is 5.41. The van der Waals surface area contributed by atoms with Gasteiger partial charge in [-0.1, -0.05) is 30.3 Å². The van der Waals surface area contributed by atoms with Crippen molar-refractivity contribution in [2.75, 3.05) is 0 Å². The molecule has 0 amide bonds. The molecule has 0 unspecified atom stereocenters. The average molecular weight is 134 g/mol. The first-order valence-corrected chi connectivity index (χ1v) is 3.18. The molecule has 1 heterocycles. The number of nitrogens with one attached hydrogen (secondary N) is 1. The van der Waals surface area contributed by atoms with Gasteiger partial charge in [-0.25, -0.2) is 0 Å². The SMILES string of the molecule is c1ccc(C2=N[NH2+]N2)cc1. The van der Waals surface area contributed by atoms with E-state index >= 15 is 0 Å². The van der Waals surface area contributed by atoms with Gasteiger partial charge in [0.1, 0.15) is 0 Å². The van der Waals surface area contributed by atoms with E-state index in [1.807, 2.05) is 30.3 Å². The van der Waals surface area contributed by atoms with Gasteiger partial charge in [0.2, 0.25) is 5.84 Å². The zero-order chi connectivity index (χ0) is 6.81. The van der Waals surface area contributed by atoms with Crippen LogP contribution in [-0.2, 0) is 0 Å². The average Bonchev–Trinajstić information content (AvgIpc) is 1.86. The molecule has 0 bridgehead atoms. The molecular formula is C7H8N3+. The van der Waals surface area contributed by atoms with Gasteiger partial charge in [0.25, 0.3) is 0 Å². The molecule has 1 aromatic carbocycles. The van der Waals surface area contributed by atoms with E-state index in [-0.39, 0.29) is 0 Å². The highest BCUT2D eigenvalue weighted by atomic mass is 15.7. The maximum atomic E-state index is 4.02. The summed E-state index contributed by atoms with van der Waals surface area (Å²) >= 11 is 0. The summed E-state index contributed by atoms with van der Waals surface area (Å²) in [4.78, 5) is 0. The maximum absolute atomic E-state index is 4.02. The summed E-state index contributed by atoms with van der Waals surface area (Å²) in [6.07, 6.45) is 0. The highest BCUT2D eigenvalue weighted by Gasteiger charge is 2.11. The summed E-state index contributed by atoms with van der Waals surface area (Å²) in [7, 11) is 0. The van der Waals surface area contributed by atoms with Crippen LogP contribution < -0.4 is 11.0 Å². The van der Waals surface area contributed by atoms with Crippen molar-refractivity contribution < 1.29 is 5.53 Å². The van der Waals surface area contributed by atoms with Gasteiger partial charge in [-0.05, 0) is 5.10 Å². The van der Waals surface area contributed by atoms with Crippen LogP contribution in [-0.4, -0.2) is 5.84 Å². The normalized spacial score (nSPS) is 15.0. The predicted molar refractivity (Wildman–Crippen MR) is 38.0 cm³/mol. The lowest BCUT2D eigenvalue weighted by molar-refractivity contribution is -0.727. The Morgan fingerprint density at radius 3 is 2.40 bits per heavy atom. The summed E-state index contributed by atoms with van der Waals surface area (Å²) < 4.78 is 0. The van der Waals surface area contributed by atoms with Gasteiger partial charge in [-0.3, -0.25) is 0 Å². The van der Waals surface area contributed by atoms with Crippen molar-refractivity contribution in [3.8, 4) is 0 Å². The molecule has 0 saturated carbocycles. The second kappa shape index (κ2) is 2.11. The Hall–Kier alpha value is -1.35. The molecule has 3 N–H and O–H groups in total. The second-order valence-corrected chi connectivity index (χ2v) is 2.12. The van der Waals surface area contributed by atoms with Crippen molar-refractivity contribution in [1.29, 1.82) is 0 Å². The molecule has 0 aromatic heterocycles. The number of benzene rings is 1. The predicted octanol–water partition coefficient (Wildman–Crippen LogP) is -0.570. The van der Waals surface area contributed by atoms with Gasteiger partial charge in [0, 0.05) is 5.56 Å². The first-order chi connectivity index (χ1) is 4.97. The quantitative estimate of drug-likeness (QED) is 0.496. The summed E-state index contributed by atoms with van der Waals surface area (Å²) in [5.41, 5.74) is 5.81. The van der Waals surface area contributed by atoms with Gasteiger partial charge in [-0.2, -0.15) is 5.43 Å². The molecule has 1 aliphatic rings. The van der Waals surface area contributed by atoms with Crippen LogP contribution in [0.3, 0.4) is 0 Å². The number of hydrogen-bond donors (Lipinski definition) is 2. The first kappa shape index (κ1) is 5.44. The molecule has 0 fully saturated rings. The topological polar surface area (TPSA) is 41.0 Å². The molecule has 0 atom stereocenters. The molecule has 0 spiro atoms. The Kier molecular flexibility index (Phi) is 1.15. The summed E-state index contributed by atoms with van der Waals surface area (Å²) in [5, 5.41) is 4.02. The molecule has 2 rings (SSSR count). The molecule has 0 radical (unpaired) electrons. The third kappa shape index (κ3) is 0.766. The fourth-order valence-corrected chi connectivity index (χ4v) is 0.883. The maximum Gasteiger partial charge on any atom is 0.240 e. The van der Waals surface area contributed by atoms with E-state index in [4.69, 9.17) is 0 Å². The van der Waals surface area contributed by atoms with Gasteiger partial charge in [0.05, 0.1) is 0 Å². The van der Waals surface area contributed by atoms with Crippen molar-refractivity contribution in [1.82, 2.24) is 5.43 Å². The van der Waals surface area contributed by atoms with E-state index in [0.29, 0.717) is 0 Å². The van der Waals surface area contributed by atoms with Crippen LogP contribution in [0, 0.1) is 0 Å². The van der Waals surface area contributed by atoms with Gasteiger partial charge < -0.3 is 0 Å². The molecule has 0 saturated heterocycles. The largest absolute Gasteiger partial charge is 0.240 e. The van der Waals surface area contributed by atoms with Crippen LogP contribution in [0.5, 0.6) is 0 Å². The molecule has 50 valence electrons.